The minimum absolute atomic E-state index is 0.0648. The lowest BCUT2D eigenvalue weighted by molar-refractivity contribution is -0.120. The molecule has 2 heterocycles. The second-order valence-electron chi connectivity index (χ2n) is 6.53. The van der Waals surface area contributed by atoms with Crippen LogP contribution in [0.3, 0.4) is 0 Å². The number of amides is 1. The van der Waals surface area contributed by atoms with Crippen LogP contribution in [0.1, 0.15) is 34.2 Å². The van der Waals surface area contributed by atoms with Crippen LogP contribution in [0.4, 0.5) is 0 Å². The third-order valence-corrected chi connectivity index (χ3v) is 5.48. The van der Waals surface area contributed by atoms with E-state index in [9.17, 15) is 4.79 Å². The van der Waals surface area contributed by atoms with E-state index in [1.807, 2.05) is 12.3 Å². The minimum Gasteiger partial charge on any atom is -0.354 e. The number of likely N-dealkylation sites (tertiary alicyclic amines) is 1. The van der Waals surface area contributed by atoms with E-state index in [0.29, 0.717) is 18.9 Å². The smallest absolute Gasteiger partial charge is 0.226 e. The number of carbonyl (C=O) groups is 1. The molecular formula is C19H25N3OS. The third-order valence-electron chi connectivity index (χ3n) is 4.66. The maximum atomic E-state index is 12.0. The van der Waals surface area contributed by atoms with Gasteiger partial charge in [0.2, 0.25) is 5.91 Å². The molecule has 128 valence electrons. The first-order chi connectivity index (χ1) is 11.6. The van der Waals surface area contributed by atoms with E-state index in [2.05, 4.69) is 46.4 Å². The van der Waals surface area contributed by atoms with Gasteiger partial charge < -0.3 is 10.2 Å². The van der Waals surface area contributed by atoms with Crippen molar-refractivity contribution in [2.45, 2.75) is 32.6 Å². The molecule has 0 saturated carbocycles. The van der Waals surface area contributed by atoms with E-state index in [4.69, 9.17) is 0 Å². The summed E-state index contributed by atoms with van der Waals surface area (Å²) in [6.07, 6.45) is 1.59. The maximum Gasteiger partial charge on any atom is 0.226 e. The number of benzene rings is 1. The lowest BCUT2D eigenvalue weighted by Crippen LogP contribution is -2.34. The van der Waals surface area contributed by atoms with Crippen LogP contribution in [-0.2, 0) is 11.2 Å². The molecule has 0 aliphatic carbocycles. The second-order valence-corrected chi connectivity index (χ2v) is 7.59. The number of thiazole rings is 1. The predicted octanol–water partition coefficient (Wildman–Crippen LogP) is 2.91. The molecule has 1 aliphatic rings. The first-order valence-corrected chi connectivity index (χ1v) is 9.45. The van der Waals surface area contributed by atoms with Gasteiger partial charge in [-0.1, -0.05) is 24.3 Å². The molecule has 5 heteroatoms. The van der Waals surface area contributed by atoms with Gasteiger partial charge in [-0.05, 0) is 43.9 Å². The first-order valence-electron chi connectivity index (χ1n) is 8.57. The summed E-state index contributed by atoms with van der Waals surface area (Å²) in [4.78, 5) is 18.7. The van der Waals surface area contributed by atoms with Gasteiger partial charge in [0.15, 0.2) is 0 Å². The Bertz CT molecular complexity index is 697. The number of hydrogen-bond acceptors (Lipinski definition) is 4. The van der Waals surface area contributed by atoms with Gasteiger partial charge in [-0.3, -0.25) is 4.79 Å². The number of carbonyl (C=O) groups excluding carboxylic acids is 1. The molecular weight excluding hydrogens is 318 g/mol. The second kappa shape index (κ2) is 7.90. The molecule has 2 aromatic rings. The van der Waals surface area contributed by atoms with Crippen LogP contribution in [0.5, 0.6) is 0 Å². The number of aryl methyl sites for hydroxylation is 2. The van der Waals surface area contributed by atoms with Gasteiger partial charge in [-0.25, -0.2) is 4.98 Å². The highest BCUT2D eigenvalue weighted by molar-refractivity contribution is 7.09. The van der Waals surface area contributed by atoms with Crippen LogP contribution in [0.15, 0.2) is 29.6 Å². The van der Waals surface area contributed by atoms with Gasteiger partial charge in [0.25, 0.3) is 0 Å². The molecule has 1 amide bonds. The van der Waals surface area contributed by atoms with Crippen LogP contribution >= 0.6 is 11.3 Å². The van der Waals surface area contributed by atoms with Crippen molar-refractivity contribution in [1.29, 1.82) is 0 Å². The Morgan fingerprint density at radius 2 is 2.21 bits per heavy atom. The van der Waals surface area contributed by atoms with E-state index in [1.165, 1.54) is 17.5 Å². The summed E-state index contributed by atoms with van der Waals surface area (Å²) in [5.74, 6) is 0.690. The number of hydrogen-bond donors (Lipinski definition) is 1. The first kappa shape index (κ1) is 17.1. The highest BCUT2D eigenvalue weighted by atomic mass is 32.1. The molecule has 3 rings (SSSR count). The van der Waals surface area contributed by atoms with Crippen molar-refractivity contribution >= 4 is 17.2 Å². The molecule has 24 heavy (non-hydrogen) atoms. The molecule has 1 fully saturated rings. The maximum absolute atomic E-state index is 12.0. The van der Waals surface area contributed by atoms with Crippen LogP contribution in [0.2, 0.25) is 0 Å². The minimum atomic E-state index is 0.0648. The average molecular weight is 343 g/mol. The number of nitrogens with one attached hydrogen (secondary N) is 1. The van der Waals surface area contributed by atoms with Crippen molar-refractivity contribution in [2.24, 2.45) is 0 Å². The predicted molar refractivity (Wildman–Crippen MR) is 98.5 cm³/mol. The molecule has 1 saturated heterocycles. The SMILES string of the molecule is Cc1nc(CC(=O)NCCN2CC[C@@H](c3ccccc3C)C2)cs1. The average Bonchev–Trinajstić information content (AvgIpc) is 3.17. The fraction of sp³-hybridized carbons (Fsp3) is 0.474. The topological polar surface area (TPSA) is 45.2 Å². The van der Waals surface area contributed by atoms with E-state index in [0.717, 1.165) is 30.3 Å². The van der Waals surface area contributed by atoms with Gasteiger partial charge >= 0.3 is 0 Å². The lowest BCUT2D eigenvalue weighted by atomic mass is 9.94. The van der Waals surface area contributed by atoms with E-state index in [1.54, 1.807) is 11.3 Å². The molecule has 1 aromatic heterocycles. The fourth-order valence-corrected chi connectivity index (χ4v) is 4.02. The number of rotatable bonds is 6. The Hall–Kier alpha value is -1.72. The van der Waals surface area contributed by atoms with Gasteiger partial charge in [0, 0.05) is 25.0 Å². The quantitative estimate of drug-likeness (QED) is 0.877. The van der Waals surface area contributed by atoms with Crippen LogP contribution in [0, 0.1) is 13.8 Å². The Morgan fingerprint density at radius 3 is 2.96 bits per heavy atom. The monoisotopic (exact) mass is 343 g/mol. The van der Waals surface area contributed by atoms with Crippen molar-refractivity contribution in [2.75, 3.05) is 26.2 Å². The summed E-state index contributed by atoms with van der Waals surface area (Å²) in [6.45, 7) is 7.99. The summed E-state index contributed by atoms with van der Waals surface area (Å²) in [5, 5.41) is 5.99. The highest BCUT2D eigenvalue weighted by Crippen LogP contribution is 2.28. The Balaban J connectivity index is 1.40. The van der Waals surface area contributed by atoms with Crippen molar-refractivity contribution in [3.63, 3.8) is 0 Å². The zero-order chi connectivity index (χ0) is 16.9. The molecule has 1 atom stereocenters. The fourth-order valence-electron chi connectivity index (χ4n) is 3.40. The van der Waals surface area contributed by atoms with E-state index >= 15 is 0 Å². The van der Waals surface area contributed by atoms with Crippen molar-refractivity contribution in [1.82, 2.24) is 15.2 Å². The Morgan fingerprint density at radius 1 is 1.38 bits per heavy atom. The van der Waals surface area contributed by atoms with Gasteiger partial charge in [0.1, 0.15) is 0 Å². The van der Waals surface area contributed by atoms with Gasteiger partial charge in [0.05, 0.1) is 17.1 Å². The summed E-state index contributed by atoms with van der Waals surface area (Å²) in [6, 6.07) is 8.68. The van der Waals surface area contributed by atoms with Crippen molar-refractivity contribution < 1.29 is 4.79 Å². The molecule has 1 aliphatic heterocycles. The molecule has 1 N–H and O–H groups in total. The standard InChI is InChI=1S/C19H25N3OS/c1-14-5-3-4-6-18(14)16-7-9-22(12-16)10-8-20-19(23)11-17-13-24-15(2)21-17/h3-6,13,16H,7-12H2,1-2H3,(H,20,23)/t16-/m1/s1. The molecule has 0 unspecified atom stereocenters. The number of aromatic nitrogens is 1. The highest BCUT2D eigenvalue weighted by Gasteiger charge is 2.24. The summed E-state index contributed by atoms with van der Waals surface area (Å²) in [7, 11) is 0. The molecule has 1 aromatic carbocycles. The molecule has 0 bridgehead atoms. The van der Waals surface area contributed by atoms with Crippen molar-refractivity contribution in [3.8, 4) is 0 Å². The third kappa shape index (κ3) is 4.42. The van der Waals surface area contributed by atoms with Crippen molar-refractivity contribution in [3.05, 3.63) is 51.5 Å². The summed E-state index contributed by atoms with van der Waals surface area (Å²) < 4.78 is 0. The molecule has 0 radical (unpaired) electrons. The van der Waals surface area contributed by atoms with Crippen LogP contribution in [0.25, 0.3) is 0 Å². The zero-order valence-electron chi connectivity index (χ0n) is 14.4. The lowest BCUT2D eigenvalue weighted by Gasteiger charge is -2.17. The van der Waals surface area contributed by atoms with Crippen LogP contribution in [-0.4, -0.2) is 42.0 Å². The molecule has 4 nitrogen and oxygen atoms in total. The summed E-state index contributed by atoms with van der Waals surface area (Å²) in [5.41, 5.74) is 3.73. The largest absolute Gasteiger partial charge is 0.354 e. The molecule has 0 spiro atoms. The zero-order valence-corrected chi connectivity index (χ0v) is 15.2. The normalized spacial score (nSPS) is 18.0. The van der Waals surface area contributed by atoms with Gasteiger partial charge in [-0.2, -0.15) is 0 Å². The summed E-state index contributed by atoms with van der Waals surface area (Å²) >= 11 is 1.59. The Kier molecular flexibility index (Phi) is 5.63. The Labute approximate surface area is 147 Å². The van der Waals surface area contributed by atoms with E-state index < -0.39 is 0 Å². The van der Waals surface area contributed by atoms with Gasteiger partial charge in [-0.15, -0.1) is 11.3 Å². The van der Waals surface area contributed by atoms with E-state index in [-0.39, 0.29) is 5.91 Å². The number of nitrogens with zero attached hydrogens (tertiary/aromatic N) is 2. The van der Waals surface area contributed by atoms with Crippen LogP contribution < -0.4 is 5.32 Å².